The zero-order chi connectivity index (χ0) is 15.8. The number of rotatable bonds is 3. The summed E-state index contributed by atoms with van der Waals surface area (Å²) in [6.07, 6.45) is 0. The van der Waals surface area contributed by atoms with E-state index in [0.717, 1.165) is 9.37 Å². The molecule has 112 valence electrons. The number of hydrogen-bond donors (Lipinski definition) is 1. The normalized spacial score (nSPS) is 21.4. The van der Waals surface area contributed by atoms with Crippen LogP contribution in [-0.2, 0) is 15.1 Å². The lowest BCUT2D eigenvalue weighted by atomic mass is 9.92. The predicted octanol–water partition coefficient (Wildman–Crippen LogP) is 1.30. The highest BCUT2D eigenvalue weighted by Gasteiger charge is 2.49. The number of amides is 4. The Labute approximate surface area is 131 Å². The van der Waals surface area contributed by atoms with Crippen LogP contribution >= 0.6 is 15.9 Å². The molecule has 4 amide bonds. The average Bonchev–Trinajstić information content (AvgIpc) is 2.63. The van der Waals surface area contributed by atoms with Gasteiger partial charge in [0.05, 0.1) is 0 Å². The third kappa shape index (κ3) is 2.78. The summed E-state index contributed by atoms with van der Waals surface area (Å²) in [7, 11) is 3.16. The predicted molar refractivity (Wildman–Crippen MR) is 80.4 cm³/mol. The van der Waals surface area contributed by atoms with Gasteiger partial charge in [-0.2, -0.15) is 0 Å². The van der Waals surface area contributed by atoms with Crippen LogP contribution in [0, 0.1) is 0 Å². The second kappa shape index (κ2) is 5.48. The van der Waals surface area contributed by atoms with E-state index >= 15 is 0 Å². The Morgan fingerprint density at radius 1 is 1.38 bits per heavy atom. The molecular formula is C14H16BrN3O3. The standard InChI is InChI=1S/C14H16BrN3O3/c1-14(9-5-4-6-10(15)7-9)12(20)18(13(21)16-14)8-11(19)17(2)3/h4-7H,8H2,1-3H3,(H,16,21)/t14-/m0/s1. The van der Waals surface area contributed by atoms with Crippen molar-refractivity contribution >= 4 is 33.8 Å². The number of likely N-dealkylation sites (N-methyl/N-ethyl adjacent to an activating group) is 1. The van der Waals surface area contributed by atoms with Crippen molar-refractivity contribution < 1.29 is 14.4 Å². The molecule has 1 saturated heterocycles. The molecule has 2 rings (SSSR count). The minimum Gasteiger partial charge on any atom is -0.347 e. The largest absolute Gasteiger partial charge is 0.347 e. The number of nitrogens with one attached hydrogen (secondary N) is 1. The van der Waals surface area contributed by atoms with Gasteiger partial charge >= 0.3 is 6.03 Å². The van der Waals surface area contributed by atoms with Gasteiger partial charge in [-0.25, -0.2) is 4.79 Å². The number of nitrogens with zero attached hydrogens (tertiary/aromatic N) is 2. The summed E-state index contributed by atoms with van der Waals surface area (Å²) in [6.45, 7) is 1.37. The molecule has 0 unspecified atom stereocenters. The molecule has 1 aromatic rings. The van der Waals surface area contributed by atoms with E-state index < -0.39 is 17.5 Å². The first-order valence-electron chi connectivity index (χ1n) is 6.36. The molecule has 21 heavy (non-hydrogen) atoms. The molecule has 0 saturated carbocycles. The second-order valence-corrected chi connectivity index (χ2v) is 6.16. The van der Waals surface area contributed by atoms with E-state index in [9.17, 15) is 14.4 Å². The van der Waals surface area contributed by atoms with Gasteiger partial charge in [-0.3, -0.25) is 14.5 Å². The molecule has 1 fully saturated rings. The van der Waals surface area contributed by atoms with Gasteiger partial charge in [-0.1, -0.05) is 28.1 Å². The lowest BCUT2D eigenvalue weighted by molar-refractivity contribution is -0.137. The summed E-state index contributed by atoms with van der Waals surface area (Å²) in [5.41, 5.74) is -0.497. The molecule has 1 aromatic carbocycles. The Bertz CT molecular complexity index is 617. The molecule has 0 bridgehead atoms. The van der Waals surface area contributed by atoms with E-state index in [1.54, 1.807) is 39.2 Å². The van der Waals surface area contributed by atoms with E-state index in [-0.39, 0.29) is 12.5 Å². The summed E-state index contributed by atoms with van der Waals surface area (Å²) < 4.78 is 0.811. The van der Waals surface area contributed by atoms with Crippen LogP contribution in [0.4, 0.5) is 4.79 Å². The fraction of sp³-hybridized carbons (Fsp3) is 0.357. The minimum atomic E-state index is -1.16. The fourth-order valence-corrected chi connectivity index (χ4v) is 2.51. The molecule has 0 aliphatic carbocycles. The molecule has 0 radical (unpaired) electrons. The van der Waals surface area contributed by atoms with Crippen molar-refractivity contribution in [2.24, 2.45) is 0 Å². The second-order valence-electron chi connectivity index (χ2n) is 5.24. The van der Waals surface area contributed by atoms with E-state index in [4.69, 9.17) is 0 Å². The number of hydrogen-bond acceptors (Lipinski definition) is 3. The summed E-state index contributed by atoms with van der Waals surface area (Å²) in [5, 5.41) is 2.66. The molecular weight excluding hydrogens is 338 g/mol. The highest BCUT2D eigenvalue weighted by Crippen LogP contribution is 2.30. The van der Waals surface area contributed by atoms with Crippen molar-refractivity contribution in [3.8, 4) is 0 Å². The van der Waals surface area contributed by atoms with Gasteiger partial charge in [0, 0.05) is 18.6 Å². The van der Waals surface area contributed by atoms with Crippen LogP contribution < -0.4 is 5.32 Å². The van der Waals surface area contributed by atoms with Crippen LogP contribution in [0.1, 0.15) is 12.5 Å². The smallest absolute Gasteiger partial charge is 0.325 e. The van der Waals surface area contributed by atoms with Gasteiger partial charge in [-0.15, -0.1) is 0 Å². The third-order valence-corrected chi connectivity index (χ3v) is 3.96. The van der Waals surface area contributed by atoms with Crippen molar-refractivity contribution in [1.82, 2.24) is 15.1 Å². The van der Waals surface area contributed by atoms with E-state index in [2.05, 4.69) is 21.2 Å². The summed E-state index contributed by atoms with van der Waals surface area (Å²) in [5.74, 6) is -0.738. The Balaban J connectivity index is 2.30. The quantitative estimate of drug-likeness (QED) is 0.832. The zero-order valence-electron chi connectivity index (χ0n) is 12.0. The molecule has 7 heteroatoms. The van der Waals surface area contributed by atoms with E-state index in [1.165, 1.54) is 4.90 Å². The van der Waals surface area contributed by atoms with Gasteiger partial charge in [-0.05, 0) is 24.6 Å². The SMILES string of the molecule is CN(C)C(=O)CN1C(=O)N[C@@](C)(c2cccc(Br)c2)C1=O. The maximum Gasteiger partial charge on any atom is 0.325 e. The van der Waals surface area contributed by atoms with Crippen LogP contribution in [0.25, 0.3) is 0 Å². The summed E-state index contributed by atoms with van der Waals surface area (Å²) in [4.78, 5) is 38.6. The number of imide groups is 1. The van der Waals surface area contributed by atoms with Crippen LogP contribution in [0.3, 0.4) is 0 Å². The lowest BCUT2D eigenvalue weighted by Gasteiger charge is -2.22. The van der Waals surface area contributed by atoms with Crippen molar-refractivity contribution in [3.63, 3.8) is 0 Å². The van der Waals surface area contributed by atoms with Crippen LogP contribution in [0.5, 0.6) is 0 Å². The average molecular weight is 354 g/mol. The van der Waals surface area contributed by atoms with Crippen molar-refractivity contribution in [2.45, 2.75) is 12.5 Å². The van der Waals surface area contributed by atoms with Gasteiger partial charge in [0.1, 0.15) is 12.1 Å². The molecule has 1 aliphatic heterocycles. The Hall–Kier alpha value is -1.89. The minimum absolute atomic E-state index is 0.263. The number of urea groups is 1. The lowest BCUT2D eigenvalue weighted by Crippen LogP contribution is -2.43. The van der Waals surface area contributed by atoms with Gasteiger partial charge in [0.2, 0.25) is 5.91 Å². The third-order valence-electron chi connectivity index (χ3n) is 3.47. The molecule has 1 atom stereocenters. The van der Waals surface area contributed by atoms with Gasteiger partial charge in [0.25, 0.3) is 5.91 Å². The first-order valence-corrected chi connectivity index (χ1v) is 7.15. The molecule has 1 aliphatic rings. The van der Waals surface area contributed by atoms with Crippen LogP contribution in [0.2, 0.25) is 0 Å². The van der Waals surface area contributed by atoms with Crippen molar-refractivity contribution in [3.05, 3.63) is 34.3 Å². The fourth-order valence-electron chi connectivity index (χ4n) is 2.11. The highest BCUT2D eigenvalue weighted by molar-refractivity contribution is 9.10. The molecule has 1 N–H and O–H groups in total. The molecule has 6 nitrogen and oxygen atoms in total. The maximum atomic E-state index is 12.6. The Kier molecular flexibility index (Phi) is 4.04. The van der Waals surface area contributed by atoms with Gasteiger partial charge in [0.15, 0.2) is 0 Å². The van der Waals surface area contributed by atoms with Crippen molar-refractivity contribution in [2.75, 3.05) is 20.6 Å². The maximum absolute atomic E-state index is 12.6. The number of carbonyl (C=O) groups excluding carboxylic acids is 3. The zero-order valence-corrected chi connectivity index (χ0v) is 13.6. The van der Waals surface area contributed by atoms with E-state index in [1.807, 2.05) is 6.07 Å². The number of benzene rings is 1. The molecule has 0 spiro atoms. The van der Waals surface area contributed by atoms with E-state index in [0.29, 0.717) is 5.56 Å². The van der Waals surface area contributed by atoms with Crippen molar-refractivity contribution in [1.29, 1.82) is 0 Å². The van der Waals surface area contributed by atoms with Crippen LogP contribution in [-0.4, -0.2) is 48.3 Å². The van der Waals surface area contributed by atoms with Gasteiger partial charge < -0.3 is 10.2 Å². The Morgan fingerprint density at radius 2 is 2.05 bits per heavy atom. The molecule has 0 aromatic heterocycles. The van der Waals surface area contributed by atoms with Crippen LogP contribution in [0.15, 0.2) is 28.7 Å². The highest BCUT2D eigenvalue weighted by atomic mass is 79.9. The first kappa shape index (κ1) is 15.5. The number of carbonyl (C=O) groups is 3. The summed E-state index contributed by atoms with van der Waals surface area (Å²) >= 11 is 3.34. The number of halogens is 1. The monoisotopic (exact) mass is 353 g/mol. The summed E-state index contributed by atoms with van der Waals surface area (Å²) in [6, 6.07) is 6.60. The Morgan fingerprint density at radius 3 is 2.62 bits per heavy atom. The molecule has 1 heterocycles. The topological polar surface area (TPSA) is 69.7 Å². The first-order chi connectivity index (χ1) is 9.75.